The highest BCUT2D eigenvalue weighted by Gasteiger charge is 2.17. The molecule has 0 unspecified atom stereocenters. The van der Waals surface area contributed by atoms with Crippen LogP contribution in [-0.2, 0) is 6.54 Å². The van der Waals surface area contributed by atoms with Crippen molar-refractivity contribution in [1.82, 2.24) is 9.97 Å². The maximum Gasteiger partial charge on any atom is 0.316 e. The third-order valence-corrected chi connectivity index (χ3v) is 3.08. The van der Waals surface area contributed by atoms with Crippen LogP contribution in [0.2, 0.25) is 0 Å². The van der Waals surface area contributed by atoms with E-state index in [9.17, 15) is 0 Å². The average molecular weight is 221 g/mol. The summed E-state index contributed by atoms with van der Waals surface area (Å²) in [6.07, 6.45) is 5.20. The molecular weight excluding hydrogens is 202 g/mol. The predicted molar refractivity (Wildman–Crippen MR) is 62.1 cm³/mol. The summed E-state index contributed by atoms with van der Waals surface area (Å²) >= 11 is 0. The third kappa shape index (κ3) is 2.92. The van der Waals surface area contributed by atoms with Gasteiger partial charge in [0, 0.05) is 12.2 Å². The van der Waals surface area contributed by atoms with E-state index in [0.717, 1.165) is 30.3 Å². The van der Waals surface area contributed by atoms with Gasteiger partial charge in [0.15, 0.2) is 0 Å². The van der Waals surface area contributed by atoms with Crippen molar-refractivity contribution in [1.29, 1.82) is 0 Å². The largest absolute Gasteiger partial charge is 0.463 e. The molecule has 2 N–H and O–H groups in total. The second-order valence-corrected chi connectivity index (χ2v) is 4.42. The lowest BCUT2D eigenvalue weighted by Gasteiger charge is -2.24. The summed E-state index contributed by atoms with van der Waals surface area (Å²) in [4.78, 5) is 8.47. The summed E-state index contributed by atoms with van der Waals surface area (Å²) in [5, 5.41) is 0. The van der Waals surface area contributed by atoms with Crippen LogP contribution in [0.25, 0.3) is 0 Å². The van der Waals surface area contributed by atoms with Gasteiger partial charge in [0.2, 0.25) is 0 Å². The van der Waals surface area contributed by atoms with Gasteiger partial charge in [0.25, 0.3) is 0 Å². The molecule has 0 spiro atoms. The summed E-state index contributed by atoms with van der Waals surface area (Å²) < 4.78 is 5.56. The first-order chi connectivity index (χ1) is 7.78. The molecule has 0 bridgehead atoms. The van der Waals surface area contributed by atoms with Crippen LogP contribution >= 0.6 is 0 Å². The number of rotatable bonds is 5. The van der Waals surface area contributed by atoms with Crippen molar-refractivity contribution >= 4 is 0 Å². The predicted octanol–water partition coefficient (Wildman–Crippen LogP) is 1.81. The Morgan fingerprint density at radius 3 is 2.88 bits per heavy atom. The van der Waals surface area contributed by atoms with E-state index in [4.69, 9.17) is 10.5 Å². The van der Waals surface area contributed by atoms with Crippen molar-refractivity contribution in [3.05, 3.63) is 17.5 Å². The van der Waals surface area contributed by atoms with Gasteiger partial charge in [-0.05, 0) is 25.3 Å². The minimum Gasteiger partial charge on any atom is -0.463 e. The molecule has 0 saturated heterocycles. The summed E-state index contributed by atoms with van der Waals surface area (Å²) in [7, 11) is 0. The van der Waals surface area contributed by atoms with Crippen LogP contribution in [0.3, 0.4) is 0 Å². The first-order valence-electron chi connectivity index (χ1n) is 5.95. The molecule has 0 atom stereocenters. The molecule has 0 aliphatic heterocycles. The van der Waals surface area contributed by atoms with Gasteiger partial charge in [-0.3, -0.25) is 0 Å². The normalized spacial score (nSPS) is 15.9. The Hall–Kier alpha value is -1.16. The molecule has 2 rings (SSSR count). The Morgan fingerprint density at radius 1 is 1.44 bits per heavy atom. The molecular formula is C12H19N3O. The average Bonchev–Trinajstić information content (AvgIpc) is 2.21. The van der Waals surface area contributed by atoms with Crippen molar-refractivity contribution in [3.63, 3.8) is 0 Å². The number of nitrogens with two attached hydrogens (primary N) is 1. The van der Waals surface area contributed by atoms with E-state index in [2.05, 4.69) is 9.97 Å². The fourth-order valence-corrected chi connectivity index (χ4v) is 1.87. The zero-order valence-electron chi connectivity index (χ0n) is 9.78. The van der Waals surface area contributed by atoms with Crippen LogP contribution in [0, 0.1) is 12.8 Å². The van der Waals surface area contributed by atoms with Crippen LogP contribution in [0.5, 0.6) is 6.01 Å². The Bertz CT molecular complexity index is 350. The number of hydrogen-bond acceptors (Lipinski definition) is 4. The van der Waals surface area contributed by atoms with Crippen molar-refractivity contribution < 1.29 is 4.74 Å². The number of aryl methyl sites for hydroxylation is 1. The number of ether oxygens (including phenoxy) is 1. The van der Waals surface area contributed by atoms with Gasteiger partial charge < -0.3 is 10.5 Å². The number of nitrogens with zero attached hydrogens (tertiary/aromatic N) is 2. The molecule has 1 aliphatic rings. The fraction of sp³-hybridized carbons (Fsp3) is 0.667. The summed E-state index contributed by atoms with van der Waals surface area (Å²) in [5.41, 5.74) is 7.30. The molecule has 1 aliphatic carbocycles. The van der Waals surface area contributed by atoms with Crippen molar-refractivity contribution in [2.24, 2.45) is 11.7 Å². The monoisotopic (exact) mass is 221 g/mol. The van der Waals surface area contributed by atoms with Gasteiger partial charge in [0.1, 0.15) is 0 Å². The highest BCUT2D eigenvalue weighted by Crippen LogP contribution is 2.29. The van der Waals surface area contributed by atoms with Gasteiger partial charge >= 0.3 is 6.01 Å². The Morgan fingerprint density at radius 2 is 2.25 bits per heavy atom. The molecule has 4 heteroatoms. The molecule has 4 nitrogen and oxygen atoms in total. The topological polar surface area (TPSA) is 61.0 Å². The van der Waals surface area contributed by atoms with Crippen molar-refractivity contribution in [2.75, 3.05) is 6.61 Å². The van der Waals surface area contributed by atoms with E-state index < -0.39 is 0 Å². The lowest BCUT2D eigenvalue weighted by molar-refractivity contribution is 0.211. The van der Waals surface area contributed by atoms with Crippen LogP contribution in [0.15, 0.2) is 6.07 Å². The molecule has 88 valence electrons. The van der Waals surface area contributed by atoms with E-state index in [1.54, 1.807) is 0 Å². The number of hydrogen-bond donors (Lipinski definition) is 1. The smallest absolute Gasteiger partial charge is 0.316 e. The minimum atomic E-state index is 0.433. The zero-order valence-corrected chi connectivity index (χ0v) is 9.78. The van der Waals surface area contributed by atoms with Crippen LogP contribution in [-0.4, -0.2) is 16.6 Å². The summed E-state index contributed by atoms with van der Waals surface area (Å²) in [6.45, 7) is 3.08. The first kappa shape index (κ1) is 11.3. The van der Waals surface area contributed by atoms with E-state index in [1.807, 2.05) is 13.0 Å². The van der Waals surface area contributed by atoms with Gasteiger partial charge in [-0.1, -0.05) is 19.3 Å². The molecule has 16 heavy (non-hydrogen) atoms. The van der Waals surface area contributed by atoms with Crippen molar-refractivity contribution in [3.8, 4) is 6.01 Å². The molecule has 0 radical (unpaired) electrons. The molecule has 0 aromatic carbocycles. The summed E-state index contributed by atoms with van der Waals surface area (Å²) in [5.74, 6) is 0.860. The van der Waals surface area contributed by atoms with Crippen molar-refractivity contribution in [2.45, 2.75) is 39.2 Å². The second-order valence-electron chi connectivity index (χ2n) is 4.42. The Labute approximate surface area is 96.2 Å². The molecule has 1 aromatic heterocycles. The van der Waals surface area contributed by atoms with Gasteiger partial charge in [0.05, 0.1) is 12.3 Å². The number of aromatic nitrogens is 2. The standard InChI is InChI=1S/C12H19N3O/c1-9-7-11(8-13)15-12(14-9)16-6-5-10-3-2-4-10/h7,10H,2-6,8,13H2,1H3. The maximum atomic E-state index is 5.56. The van der Waals surface area contributed by atoms with Gasteiger partial charge in [-0.15, -0.1) is 0 Å². The molecule has 1 fully saturated rings. The highest BCUT2D eigenvalue weighted by atomic mass is 16.5. The fourth-order valence-electron chi connectivity index (χ4n) is 1.87. The van der Waals surface area contributed by atoms with Crippen LogP contribution < -0.4 is 10.5 Å². The van der Waals surface area contributed by atoms with E-state index in [-0.39, 0.29) is 0 Å². The maximum absolute atomic E-state index is 5.56. The minimum absolute atomic E-state index is 0.433. The molecule has 0 amide bonds. The Balaban J connectivity index is 1.84. The molecule has 1 aromatic rings. The van der Waals surface area contributed by atoms with Gasteiger partial charge in [-0.2, -0.15) is 4.98 Å². The zero-order chi connectivity index (χ0) is 11.4. The van der Waals surface area contributed by atoms with Crippen LogP contribution in [0.1, 0.15) is 37.1 Å². The summed E-state index contributed by atoms with van der Waals surface area (Å²) in [6, 6.07) is 2.36. The Kier molecular flexibility index (Phi) is 3.72. The third-order valence-electron chi connectivity index (χ3n) is 3.08. The van der Waals surface area contributed by atoms with E-state index in [0.29, 0.717) is 12.6 Å². The lowest BCUT2D eigenvalue weighted by Crippen LogP contribution is -2.15. The molecule has 1 saturated carbocycles. The quantitative estimate of drug-likeness (QED) is 0.823. The van der Waals surface area contributed by atoms with Gasteiger partial charge in [-0.25, -0.2) is 4.98 Å². The van der Waals surface area contributed by atoms with E-state index >= 15 is 0 Å². The highest BCUT2D eigenvalue weighted by molar-refractivity contribution is 5.12. The first-order valence-corrected chi connectivity index (χ1v) is 5.95. The van der Waals surface area contributed by atoms with Crippen LogP contribution in [0.4, 0.5) is 0 Å². The molecule has 1 heterocycles. The lowest BCUT2D eigenvalue weighted by atomic mass is 9.83. The second kappa shape index (κ2) is 5.25. The SMILES string of the molecule is Cc1cc(CN)nc(OCCC2CCC2)n1. The van der Waals surface area contributed by atoms with E-state index in [1.165, 1.54) is 19.3 Å².